The van der Waals surface area contributed by atoms with E-state index in [2.05, 4.69) is 75.7 Å². The second kappa shape index (κ2) is 24.5. The molecule has 0 spiro atoms. The molecule has 4 heteroatoms. The summed E-state index contributed by atoms with van der Waals surface area (Å²) >= 11 is 0. The molecule has 0 bridgehead atoms. The van der Waals surface area contributed by atoms with Gasteiger partial charge in [-0.1, -0.05) is 90.0 Å². The van der Waals surface area contributed by atoms with Crippen molar-refractivity contribution in [3.63, 3.8) is 0 Å². The van der Waals surface area contributed by atoms with Gasteiger partial charge in [0.25, 0.3) is 0 Å². The zero-order chi connectivity index (χ0) is 27.1. The summed E-state index contributed by atoms with van der Waals surface area (Å²) in [5, 5.41) is 8.50. The molecule has 34 heavy (non-hydrogen) atoms. The van der Waals surface area contributed by atoms with Gasteiger partial charge in [0.2, 0.25) is 0 Å². The predicted octanol–water partition coefficient (Wildman–Crippen LogP) is 9.63. The third kappa shape index (κ3) is 19.9. The zero-order valence-electron chi connectivity index (χ0n) is 25.6. The van der Waals surface area contributed by atoms with Crippen LogP contribution in [0.4, 0.5) is 0 Å². The lowest BCUT2D eigenvalue weighted by Crippen LogP contribution is -2.15. The van der Waals surface area contributed by atoms with Crippen molar-refractivity contribution >= 4 is 0 Å². The Kier molecular flexibility index (Phi) is 26.7. The van der Waals surface area contributed by atoms with Gasteiger partial charge in [0.1, 0.15) is 0 Å². The molecule has 0 aliphatic carbocycles. The minimum absolute atomic E-state index is 0.689. The molecule has 202 valence electrons. The third-order valence-electron chi connectivity index (χ3n) is 5.06. The quantitative estimate of drug-likeness (QED) is 0.340. The Morgan fingerprint density at radius 1 is 0.765 bits per heavy atom. The molecule has 0 aliphatic rings. The lowest BCUT2D eigenvalue weighted by atomic mass is 9.89. The van der Waals surface area contributed by atoms with E-state index in [1.165, 1.54) is 31.2 Å². The molecule has 0 amide bonds. The van der Waals surface area contributed by atoms with Crippen molar-refractivity contribution in [2.24, 2.45) is 30.7 Å². The van der Waals surface area contributed by atoms with E-state index in [4.69, 9.17) is 0 Å². The van der Waals surface area contributed by atoms with Crippen LogP contribution in [0.5, 0.6) is 0 Å². The predicted molar refractivity (Wildman–Crippen MR) is 154 cm³/mol. The lowest BCUT2D eigenvalue weighted by Gasteiger charge is -2.20. The van der Waals surface area contributed by atoms with Gasteiger partial charge in [-0.2, -0.15) is 10.2 Å². The molecule has 2 heterocycles. The summed E-state index contributed by atoms with van der Waals surface area (Å²) in [7, 11) is 1.98. The average Bonchev–Trinajstić information content (AvgIpc) is 3.47. The number of hydrogen-bond donors (Lipinski definition) is 0. The van der Waals surface area contributed by atoms with Crippen LogP contribution in [0.3, 0.4) is 0 Å². The van der Waals surface area contributed by atoms with Crippen LogP contribution < -0.4 is 0 Å². The fraction of sp³-hybridized carbons (Fsp3) is 0.800. The molecule has 2 rings (SSSR count). The van der Waals surface area contributed by atoms with Crippen LogP contribution in [0.2, 0.25) is 0 Å². The van der Waals surface area contributed by atoms with E-state index >= 15 is 0 Å². The first kappa shape index (κ1) is 37.0. The van der Waals surface area contributed by atoms with Gasteiger partial charge in [-0.25, -0.2) is 0 Å². The van der Waals surface area contributed by atoms with Gasteiger partial charge in [0.15, 0.2) is 0 Å². The Bertz CT molecular complexity index is 602. The van der Waals surface area contributed by atoms with Crippen LogP contribution in [0, 0.1) is 23.7 Å². The minimum Gasteiger partial charge on any atom is -0.276 e. The van der Waals surface area contributed by atoms with Crippen LogP contribution in [-0.4, -0.2) is 19.6 Å². The van der Waals surface area contributed by atoms with Crippen LogP contribution >= 0.6 is 0 Å². The summed E-state index contributed by atoms with van der Waals surface area (Å²) in [4.78, 5) is 0. The Labute approximate surface area is 214 Å². The highest BCUT2D eigenvalue weighted by Gasteiger charge is 2.14. The lowest BCUT2D eigenvalue weighted by molar-refractivity contribution is 0.296. The van der Waals surface area contributed by atoms with Crippen LogP contribution in [0.15, 0.2) is 30.9 Å². The summed E-state index contributed by atoms with van der Waals surface area (Å²) in [6.07, 6.45) is 13.1. The summed E-state index contributed by atoms with van der Waals surface area (Å²) in [6.45, 7) is 29.1. The van der Waals surface area contributed by atoms with Gasteiger partial charge in [0, 0.05) is 32.2 Å². The topological polar surface area (TPSA) is 35.6 Å². The van der Waals surface area contributed by atoms with Crippen molar-refractivity contribution in [2.75, 3.05) is 0 Å². The van der Waals surface area contributed by atoms with E-state index in [-0.39, 0.29) is 0 Å². The summed E-state index contributed by atoms with van der Waals surface area (Å²) in [6, 6.07) is 2.00. The average molecular weight is 479 g/mol. The molecule has 0 saturated carbocycles. The van der Waals surface area contributed by atoms with Gasteiger partial charge >= 0.3 is 0 Å². The van der Waals surface area contributed by atoms with Gasteiger partial charge in [-0.15, -0.1) is 0 Å². The highest BCUT2D eigenvalue weighted by Crippen LogP contribution is 2.26. The number of nitrogens with zero attached hydrogens (tertiary/aromatic N) is 4. The zero-order valence-corrected chi connectivity index (χ0v) is 25.6. The van der Waals surface area contributed by atoms with Crippen LogP contribution in [-0.2, 0) is 13.6 Å². The molecule has 2 aromatic rings. The Morgan fingerprint density at radius 2 is 1.26 bits per heavy atom. The van der Waals surface area contributed by atoms with Crippen molar-refractivity contribution < 1.29 is 0 Å². The van der Waals surface area contributed by atoms with E-state index in [1.54, 1.807) is 0 Å². The molecular weight excluding hydrogens is 416 g/mol. The normalized spacial score (nSPS) is 11.0. The van der Waals surface area contributed by atoms with Gasteiger partial charge < -0.3 is 0 Å². The fourth-order valence-corrected chi connectivity index (χ4v) is 4.01. The van der Waals surface area contributed by atoms with Crippen molar-refractivity contribution in [3.05, 3.63) is 36.4 Å². The molecule has 0 fully saturated rings. The van der Waals surface area contributed by atoms with E-state index < -0.39 is 0 Å². The Balaban J connectivity index is -0.000000466. The van der Waals surface area contributed by atoms with Crippen molar-refractivity contribution in [2.45, 2.75) is 128 Å². The van der Waals surface area contributed by atoms with E-state index in [1.807, 2.05) is 71.7 Å². The van der Waals surface area contributed by atoms with Crippen LogP contribution in [0.1, 0.15) is 127 Å². The standard InChI is InChI=1S/C13H24N2.C11H20N2.3C2H6/c1-11(2)8-13(9-12(3)4)10-15-7-5-6-14-15;1-5-10(6-9(2)3)11-7-12-13(4)8-11;3*1-2/h5-7,11-13H,8-10H2,1-4H3;7-10H,5-6H2,1-4H3;3*1-2H3. The molecule has 4 nitrogen and oxygen atoms in total. The Morgan fingerprint density at radius 3 is 1.59 bits per heavy atom. The maximum absolute atomic E-state index is 4.29. The Hall–Kier alpha value is -1.58. The molecule has 1 unspecified atom stereocenters. The van der Waals surface area contributed by atoms with Crippen molar-refractivity contribution in [1.29, 1.82) is 0 Å². The summed E-state index contributed by atoms with van der Waals surface area (Å²) in [5.41, 5.74) is 1.39. The van der Waals surface area contributed by atoms with Crippen LogP contribution in [0.25, 0.3) is 0 Å². The number of rotatable bonds is 10. The maximum Gasteiger partial charge on any atom is 0.0524 e. The number of aromatic nitrogens is 4. The first-order valence-corrected chi connectivity index (χ1v) is 14.2. The van der Waals surface area contributed by atoms with Crippen molar-refractivity contribution in [1.82, 2.24) is 19.6 Å². The smallest absolute Gasteiger partial charge is 0.0524 e. The maximum atomic E-state index is 4.29. The fourth-order valence-electron chi connectivity index (χ4n) is 4.01. The second-order valence-corrected chi connectivity index (χ2v) is 9.54. The highest BCUT2D eigenvalue weighted by molar-refractivity contribution is 5.10. The molecule has 0 aromatic carbocycles. The van der Waals surface area contributed by atoms with E-state index in [9.17, 15) is 0 Å². The first-order chi connectivity index (χ1) is 16.2. The molecule has 0 N–H and O–H groups in total. The minimum atomic E-state index is 0.689. The third-order valence-corrected chi connectivity index (χ3v) is 5.06. The van der Waals surface area contributed by atoms with E-state index in [0.717, 1.165) is 30.2 Å². The number of aryl methyl sites for hydroxylation is 1. The van der Waals surface area contributed by atoms with Gasteiger partial charge in [-0.3, -0.25) is 9.36 Å². The first-order valence-electron chi connectivity index (χ1n) is 14.2. The highest BCUT2D eigenvalue weighted by atomic mass is 15.3. The molecule has 0 aliphatic heterocycles. The summed E-state index contributed by atoms with van der Waals surface area (Å²) in [5.74, 6) is 3.79. The van der Waals surface area contributed by atoms with Crippen molar-refractivity contribution in [3.8, 4) is 0 Å². The van der Waals surface area contributed by atoms with Gasteiger partial charge in [-0.05, 0) is 66.9 Å². The SMILES string of the molecule is CC.CC.CC.CC(C)CC(CC(C)C)Cn1cccn1.CCC(CC(C)C)c1cnn(C)c1. The molecule has 0 saturated heterocycles. The van der Waals surface area contributed by atoms with E-state index in [0.29, 0.717) is 5.92 Å². The summed E-state index contributed by atoms with van der Waals surface area (Å²) < 4.78 is 3.95. The monoisotopic (exact) mass is 478 g/mol. The molecule has 0 radical (unpaired) electrons. The molecular formula is C30H62N4. The number of hydrogen-bond acceptors (Lipinski definition) is 2. The molecule has 1 atom stereocenters. The largest absolute Gasteiger partial charge is 0.276 e. The van der Waals surface area contributed by atoms with Gasteiger partial charge in [0.05, 0.1) is 6.20 Å². The second-order valence-electron chi connectivity index (χ2n) is 9.54. The molecule has 2 aromatic heterocycles.